The molecule has 2 heterocycles. The monoisotopic (exact) mass is 322 g/mol. The first-order valence-corrected chi connectivity index (χ1v) is 9.89. The van der Waals surface area contributed by atoms with Gasteiger partial charge in [-0.2, -0.15) is 0 Å². The smallest absolute Gasteiger partial charge is 0.223 e. The molecule has 2 aliphatic heterocycles. The molecule has 0 aromatic heterocycles. The van der Waals surface area contributed by atoms with Gasteiger partial charge in [0.2, 0.25) is 5.91 Å². The first-order valence-electron chi connectivity index (χ1n) is 9.89. The van der Waals surface area contributed by atoms with E-state index in [1.165, 1.54) is 58.2 Å². The minimum atomic E-state index is 0.189. The Hall–Kier alpha value is -0.610. The van der Waals surface area contributed by atoms with Crippen LogP contribution < -0.4 is 5.32 Å². The average molecular weight is 322 g/mol. The number of hydrogen-bond donors (Lipinski definition) is 1. The molecule has 1 saturated carbocycles. The van der Waals surface area contributed by atoms with E-state index < -0.39 is 0 Å². The van der Waals surface area contributed by atoms with Crippen LogP contribution in [0.15, 0.2) is 0 Å². The zero-order chi connectivity index (χ0) is 15.9. The van der Waals surface area contributed by atoms with Gasteiger partial charge in [0.05, 0.1) is 0 Å². The Balaban J connectivity index is 1.32. The number of carbonyl (C=O) groups is 1. The molecule has 0 unspecified atom stereocenters. The van der Waals surface area contributed by atoms with Crippen LogP contribution in [0.3, 0.4) is 0 Å². The van der Waals surface area contributed by atoms with Crippen molar-refractivity contribution in [3.63, 3.8) is 0 Å². The van der Waals surface area contributed by atoms with Crippen LogP contribution >= 0.6 is 0 Å². The number of likely N-dealkylation sites (tertiary alicyclic amines) is 1. The second-order valence-electron chi connectivity index (χ2n) is 7.88. The molecule has 2 saturated heterocycles. The van der Waals surface area contributed by atoms with E-state index in [1.54, 1.807) is 0 Å². The summed E-state index contributed by atoms with van der Waals surface area (Å²) in [5, 5.41) is 3.17. The highest BCUT2D eigenvalue weighted by Gasteiger charge is 2.25. The molecule has 0 radical (unpaired) electrons. The van der Waals surface area contributed by atoms with Crippen LogP contribution in [0.4, 0.5) is 0 Å². The topological polar surface area (TPSA) is 41.6 Å². The van der Waals surface area contributed by atoms with E-state index in [-0.39, 0.29) is 11.8 Å². The lowest BCUT2D eigenvalue weighted by Crippen LogP contribution is -2.40. The van der Waals surface area contributed by atoms with Crippen molar-refractivity contribution in [1.82, 2.24) is 10.2 Å². The summed E-state index contributed by atoms with van der Waals surface area (Å²) in [5.41, 5.74) is 0. The molecular formula is C19H34N2O2. The van der Waals surface area contributed by atoms with Crippen LogP contribution in [-0.2, 0) is 9.53 Å². The molecule has 1 N–H and O–H groups in total. The Morgan fingerprint density at radius 1 is 1.00 bits per heavy atom. The molecule has 1 aliphatic carbocycles. The third-order valence-corrected chi connectivity index (χ3v) is 6.04. The van der Waals surface area contributed by atoms with Crippen molar-refractivity contribution >= 4 is 5.91 Å². The van der Waals surface area contributed by atoms with E-state index >= 15 is 0 Å². The normalized spacial score (nSPS) is 28.1. The van der Waals surface area contributed by atoms with Crippen LogP contribution in [0.25, 0.3) is 0 Å². The van der Waals surface area contributed by atoms with Gasteiger partial charge in [-0.3, -0.25) is 4.79 Å². The van der Waals surface area contributed by atoms with Gasteiger partial charge in [-0.15, -0.1) is 0 Å². The van der Waals surface area contributed by atoms with Gasteiger partial charge in [0.25, 0.3) is 0 Å². The number of amides is 1. The third kappa shape index (κ3) is 5.46. The molecule has 1 amide bonds. The summed E-state index contributed by atoms with van der Waals surface area (Å²) in [6, 6.07) is 0. The largest absolute Gasteiger partial charge is 0.381 e. The van der Waals surface area contributed by atoms with Crippen LogP contribution in [0.5, 0.6) is 0 Å². The molecule has 0 aromatic carbocycles. The zero-order valence-electron chi connectivity index (χ0n) is 14.6. The van der Waals surface area contributed by atoms with Crippen LogP contribution in [0.2, 0.25) is 0 Å². The van der Waals surface area contributed by atoms with Crippen LogP contribution in [-0.4, -0.2) is 50.2 Å². The molecule has 3 rings (SSSR count). The summed E-state index contributed by atoms with van der Waals surface area (Å²) in [6.45, 7) is 6.22. The molecule has 3 fully saturated rings. The Labute approximate surface area is 141 Å². The summed E-state index contributed by atoms with van der Waals surface area (Å²) in [6.07, 6.45) is 11.4. The van der Waals surface area contributed by atoms with E-state index in [4.69, 9.17) is 4.74 Å². The van der Waals surface area contributed by atoms with Crippen molar-refractivity contribution in [3.05, 3.63) is 0 Å². The molecule has 0 bridgehead atoms. The van der Waals surface area contributed by atoms with Gasteiger partial charge < -0.3 is 15.0 Å². The number of ether oxygens (including phenoxy) is 1. The minimum Gasteiger partial charge on any atom is -0.381 e. The summed E-state index contributed by atoms with van der Waals surface area (Å²) < 4.78 is 5.33. The number of hydrogen-bond acceptors (Lipinski definition) is 3. The lowest BCUT2D eigenvalue weighted by atomic mass is 9.93. The Morgan fingerprint density at radius 2 is 1.74 bits per heavy atom. The maximum atomic E-state index is 12.2. The third-order valence-electron chi connectivity index (χ3n) is 6.04. The van der Waals surface area contributed by atoms with Gasteiger partial charge in [-0.1, -0.05) is 12.8 Å². The fourth-order valence-electron chi connectivity index (χ4n) is 4.61. The van der Waals surface area contributed by atoms with E-state index in [2.05, 4.69) is 10.2 Å². The predicted octanol–water partition coefficient (Wildman–Crippen LogP) is 2.82. The number of rotatable bonds is 6. The van der Waals surface area contributed by atoms with Crippen molar-refractivity contribution < 1.29 is 9.53 Å². The highest BCUT2D eigenvalue weighted by atomic mass is 16.5. The number of nitrogens with one attached hydrogen (secondary N) is 1. The molecule has 132 valence electrons. The van der Waals surface area contributed by atoms with E-state index in [1.807, 2.05) is 0 Å². The summed E-state index contributed by atoms with van der Waals surface area (Å²) in [4.78, 5) is 14.9. The van der Waals surface area contributed by atoms with Gasteiger partial charge in [-0.25, -0.2) is 0 Å². The molecule has 0 spiro atoms. The quantitative estimate of drug-likeness (QED) is 0.817. The average Bonchev–Trinajstić information content (AvgIpc) is 3.09. The van der Waals surface area contributed by atoms with Gasteiger partial charge in [0.15, 0.2) is 0 Å². The number of piperidine rings is 1. The summed E-state index contributed by atoms with van der Waals surface area (Å²) >= 11 is 0. The molecule has 1 atom stereocenters. The Morgan fingerprint density at radius 3 is 2.52 bits per heavy atom. The standard InChI is InChI=1S/C19H34N2O2/c22-19(18-8-12-23-13-9-18)20-10-7-17-6-3-11-21(15-17)14-16-4-1-2-5-16/h16-18H,1-15H2,(H,20,22)/t17-/m0/s1. The van der Waals surface area contributed by atoms with E-state index in [0.717, 1.165) is 50.9 Å². The predicted molar refractivity (Wildman–Crippen MR) is 92.3 cm³/mol. The first kappa shape index (κ1) is 17.2. The van der Waals surface area contributed by atoms with Crippen LogP contribution in [0.1, 0.15) is 57.8 Å². The lowest BCUT2D eigenvalue weighted by molar-refractivity contribution is -0.127. The van der Waals surface area contributed by atoms with Crippen molar-refractivity contribution in [2.75, 3.05) is 39.4 Å². The number of carbonyl (C=O) groups excluding carboxylic acids is 1. The van der Waals surface area contributed by atoms with Gasteiger partial charge in [0, 0.05) is 38.8 Å². The van der Waals surface area contributed by atoms with Gasteiger partial charge in [-0.05, 0) is 63.3 Å². The minimum absolute atomic E-state index is 0.189. The maximum absolute atomic E-state index is 12.2. The first-order chi connectivity index (χ1) is 11.3. The number of nitrogens with zero attached hydrogens (tertiary/aromatic N) is 1. The van der Waals surface area contributed by atoms with E-state index in [9.17, 15) is 4.79 Å². The van der Waals surface area contributed by atoms with E-state index in [0.29, 0.717) is 0 Å². The molecule has 4 nitrogen and oxygen atoms in total. The van der Waals surface area contributed by atoms with Crippen LogP contribution in [0, 0.1) is 17.8 Å². The van der Waals surface area contributed by atoms with Crippen molar-refractivity contribution in [2.45, 2.75) is 57.8 Å². The Kier molecular flexibility index (Phi) is 6.76. The van der Waals surface area contributed by atoms with Gasteiger partial charge in [0.1, 0.15) is 0 Å². The molecule has 0 aromatic rings. The second kappa shape index (κ2) is 9.03. The SMILES string of the molecule is O=C(NCC[C@@H]1CCCN(CC2CCCC2)C1)C1CCOCC1. The fraction of sp³-hybridized carbons (Fsp3) is 0.947. The summed E-state index contributed by atoms with van der Waals surface area (Å²) in [5.74, 6) is 2.18. The van der Waals surface area contributed by atoms with Gasteiger partial charge >= 0.3 is 0 Å². The van der Waals surface area contributed by atoms with Crippen molar-refractivity contribution in [2.24, 2.45) is 17.8 Å². The van der Waals surface area contributed by atoms with Crippen molar-refractivity contribution in [3.8, 4) is 0 Å². The fourth-order valence-corrected chi connectivity index (χ4v) is 4.61. The second-order valence-corrected chi connectivity index (χ2v) is 7.88. The Bertz CT molecular complexity index is 362. The maximum Gasteiger partial charge on any atom is 0.223 e. The summed E-state index contributed by atoms with van der Waals surface area (Å²) in [7, 11) is 0. The molecule has 23 heavy (non-hydrogen) atoms. The lowest BCUT2D eigenvalue weighted by Gasteiger charge is -2.34. The van der Waals surface area contributed by atoms with Crippen molar-refractivity contribution in [1.29, 1.82) is 0 Å². The molecule has 3 aliphatic rings. The molecular weight excluding hydrogens is 288 g/mol. The molecule has 4 heteroatoms. The zero-order valence-corrected chi connectivity index (χ0v) is 14.6. The highest BCUT2D eigenvalue weighted by Crippen LogP contribution is 2.28. The highest BCUT2D eigenvalue weighted by molar-refractivity contribution is 5.78.